The smallest absolute Gasteiger partial charge is 0.397 e. The molecule has 1 aliphatic heterocycles. The maximum absolute atomic E-state index is 13.4. The predicted molar refractivity (Wildman–Crippen MR) is 116 cm³/mol. The number of aromatic nitrogens is 1. The molecule has 2 heterocycles. The van der Waals surface area contributed by atoms with Gasteiger partial charge >= 0.3 is 6.18 Å². The van der Waals surface area contributed by atoms with Crippen LogP contribution in [0.15, 0.2) is 53.5 Å². The van der Waals surface area contributed by atoms with Crippen molar-refractivity contribution < 1.29 is 13.2 Å². The first-order chi connectivity index (χ1) is 15.7. The SMILES string of the molecule is N#CNC1=NC(c2ccc(-c3ccccc3C(F)(F)F)cc2)c2c(nc(N)c(C#N)c2N)N1. The van der Waals surface area contributed by atoms with E-state index in [2.05, 4.69) is 20.6 Å². The molecular formula is C22H15F3N8. The van der Waals surface area contributed by atoms with Crippen LogP contribution in [0.25, 0.3) is 11.1 Å². The number of hydrogen-bond acceptors (Lipinski definition) is 8. The number of anilines is 3. The molecule has 11 heteroatoms. The van der Waals surface area contributed by atoms with E-state index < -0.39 is 17.8 Å². The van der Waals surface area contributed by atoms with Crippen LogP contribution in [0.2, 0.25) is 0 Å². The van der Waals surface area contributed by atoms with Gasteiger partial charge in [0.2, 0.25) is 5.96 Å². The second-order valence-electron chi connectivity index (χ2n) is 7.07. The van der Waals surface area contributed by atoms with E-state index in [1.165, 1.54) is 18.2 Å². The quantitative estimate of drug-likeness (QED) is 0.345. The number of hydrogen-bond donors (Lipinski definition) is 4. The third kappa shape index (κ3) is 3.83. The molecule has 0 saturated heterocycles. The number of halogens is 3. The standard InChI is InChI=1S/C22H15F3N8/c23-22(24,25)15-4-2-1-3-13(15)11-5-7-12(8-6-11)18-16-17(28)14(9-26)19(29)32-20(16)33-21(31-18)30-10-27/h1-8,18H,(H6,28,29,30,31,32,33). The van der Waals surface area contributed by atoms with Gasteiger partial charge in [0.15, 0.2) is 6.19 Å². The summed E-state index contributed by atoms with van der Waals surface area (Å²) in [5.74, 6) is 0.211. The van der Waals surface area contributed by atoms with Crippen molar-refractivity contribution >= 4 is 23.3 Å². The highest BCUT2D eigenvalue weighted by atomic mass is 19.4. The number of nitrogens with two attached hydrogens (primary N) is 2. The summed E-state index contributed by atoms with van der Waals surface area (Å²) < 4.78 is 40.3. The van der Waals surface area contributed by atoms with Gasteiger partial charge in [-0.1, -0.05) is 42.5 Å². The summed E-state index contributed by atoms with van der Waals surface area (Å²) in [7, 11) is 0. The maximum Gasteiger partial charge on any atom is 0.417 e. The minimum atomic E-state index is -4.50. The Labute approximate surface area is 186 Å². The van der Waals surface area contributed by atoms with Crippen molar-refractivity contribution in [3.05, 3.63) is 70.8 Å². The lowest BCUT2D eigenvalue weighted by Crippen LogP contribution is -2.32. The van der Waals surface area contributed by atoms with E-state index in [0.29, 0.717) is 16.7 Å². The molecule has 164 valence electrons. The van der Waals surface area contributed by atoms with E-state index in [4.69, 9.17) is 16.7 Å². The number of guanidine groups is 1. The number of pyridine rings is 1. The summed E-state index contributed by atoms with van der Waals surface area (Å²) in [6.07, 6.45) is -2.75. The third-order valence-electron chi connectivity index (χ3n) is 5.13. The van der Waals surface area contributed by atoms with Crippen LogP contribution in [-0.4, -0.2) is 10.9 Å². The molecule has 0 fully saturated rings. The topological polar surface area (TPSA) is 149 Å². The molecule has 33 heavy (non-hydrogen) atoms. The molecule has 0 saturated carbocycles. The van der Waals surface area contributed by atoms with Crippen LogP contribution < -0.4 is 22.1 Å². The first-order valence-electron chi connectivity index (χ1n) is 9.50. The van der Waals surface area contributed by atoms with Crippen LogP contribution in [0.3, 0.4) is 0 Å². The van der Waals surface area contributed by atoms with Gasteiger partial charge in [-0.3, -0.25) is 5.32 Å². The van der Waals surface area contributed by atoms with Crippen molar-refractivity contribution in [2.75, 3.05) is 16.8 Å². The van der Waals surface area contributed by atoms with Crippen molar-refractivity contribution in [2.24, 2.45) is 4.99 Å². The van der Waals surface area contributed by atoms with Crippen LogP contribution >= 0.6 is 0 Å². The highest BCUT2D eigenvalue weighted by molar-refractivity contribution is 5.98. The van der Waals surface area contributed by atoms with Gasteiger partial charge in [0.05, 0.1) is 11.3 Å². The van der Waals surface area contributed by atoms with Gasteiger partial charge in [-0.25, -0.2) is 9.98 Å². The summed E-state index contributed by atoms with van der Waals surface area (Å²) in [6.45, 7) is 0. The zero-order chi connectivity index (χ0) is 23.8. The molecule has 0 bridgehead atoms. The van der Waals surface area contributed by atoms with Crippen molar-refractivity contribution in [1.82, 2.24) is 10.3 Å². The van der Waals surface area contributed by atoms with Crippen molar-refractivity contribution in [3.63, 3.8) is 0 Å². The molecule has 8 nitrogen and oxygen atoms in total. The molecule has 1 aliphatic rings. The first-order valence-corrected chi connectivity index (χ1v) is 9.50. The number of nitriles is 2. The van der Waals surface area contributed by atoms with Crippen molar-refractivity contribution in [1.29, 1.82) is 10.5 Å². The Morgan fingerprint density at radius 1 is 1.03 bits per heavy atom. The first kappa shape index (κ1) is 21.5. The molecule has 1 aromatic heterocycles. The van der Waals surface area contributed by atoms with E-state index in [1.54, 1.807) is 30.5 Å². The second-order valence-corrected chi connectivity index (χ2v) is 7.07. The van der Waals surface area contributed by atoms with Gasteiger partial charge in [0.1, 0.15) is 29.3 Å². The van der Waals surface area contributed by atoms with Gasteiger partial charge in [0.25, 0.3) is 0 Å². The largest absolute Gasteiger partial charge is 0.417 e. The van der Waals surface area contributed by atoms with Crippen molar-refractivity contribution in [2.45, 2.75) is 12.2 Å². The minimum Gasteiger partial charge on any atom is -0.397 e. The predicted octanol–water partition coefficient (Wildman–Crippen LogP) is 3.75. The average molecular weight is 448 g/mol. The van der Waals surface area contributed by atoms with Gasteiger partial charge in [-0.2, -0.15) is 23.7 Å². The zero-order valence-electron chi connectivity index (χ0n) is 16.8. The van der Waals surface area contributed by atoms with E-state index in [9.17, 15) is 18.4 Å². The normalized spacial score (nSPS) is 14.8. The monoisotopic (exact) mass is 448 g/mol. The Morgan fingerprint density at radius 3 is 2.36 bits per heavy atom. The number of aliphatic imine (C=N–C) groups is 1. The molecule has 0 spiro atoms. The van der Waals surface area contributed by atoms with Crippen molar-refractivity contribution in [3.8, 4) is 23.4 Å². The third-order valence-corrected chi connectivity index (χ3v) is 5.13. The second kappa shape index (κ2) is 8.05. The molecule has 6 N–H and O–H groups in total. The highest BCUT2D eigenvalue weighted by Crippen LogP contribution is 2.42. The number of fused-ring (bicyclic) bond motifs is 1. The molecule has 1 atom stereocenters. The number of nitrogen functional groups attached to an aromatic ring is 2. The molecule has 4 rings (SSSR count). The molecule has 2 aromatic carbocycles. The van der Waals surface area contributed by atoms with Gasteiger partial charge in [-0.05, 0) is 22.8 Å². The van der Waals surface area contributed by atoms with Gasteiger partial charge < -0.3 is 16.8 Å². The van der Waals surface area contributed by atoms with Crippen LogP contribution in [0.4, 0.5) is 30.5 Å². The summed E-state index contributed by atoms with van der Waals surface area (Å²) >= 11 is 0. The van der Waals surface area contributed by atoms with E-state index >= 15 is 0 Å². The molecule has 0 amide bonds. The molecule has 0 aliphatic carbocycles. The van der Waals surface area contributed by atoms with Crippen LogP contribution in [0.5, 0.6) is 0 Å². The summed E-state index contributed by atoms with van der Waals surface area (Å²) in [4.78, 5) is 8.60. The lowest BCUT2D eigenvalue weighted by Gasteiger charge is -2.26. The Morgan fingerprint density at radius 2 is 1.73 bits per heavy atom. The maximum atomic E-state index is 13.4. The molecular weight excluding hydrogens is 433 g/mol. The number of nitrogens with one attached hydrogen (secondary N) is 2. The average Bonchev–Trinajstić information content (AvgIpc) is 2.78. The fourth-order valence-corrected chi connectivity index (χ4v) is 3.65. The van der Waals surface area contributed by atoms with Crippen LogP contribution in [-0.2, 0) is 6.18 Å². The van der Waals surface area contributed by atoms with E-state index in [1.807, 2.05) is 6.07 Å². The summed E-state index contributed by atoms with van der Waals surface area (Å²) in [6, 6.07) is 12.7. The van der Waals surface area contributed by atoms with Crippen LogP contribution in [0.1, 0.15) is 28.3 Å². The number of alkyl halides is 3. The Balaban J connectivity index is 1.82. The summed E-state index contributed by atoms with van der Waals surface area (Å²) in [5.41, 5.74) is 12.7. The fourth-order valence-electron chi connectivity index (χ4n) is 3.65. The number of benzene rings is 2. The van der Waals surface area contributed by atoms with E-state index in [0.717, 1.165) is 6.07 Å². The Hall–Kier alpha value is -4.77. The fraction of sp³-hybridized carbons (Fsp3) is 0.0909. The molecule has 3 aromatic rings. The van der Waals surface area contributed by atoms with Gasteiger partial charge in [0, 0.05) is 5.56 Å². The minimum absolute atomic E-state index is 0.0110. The Bertz CT molecular complexity index is 1350. The highest BCUT2D eigenvalue weighted by Gasteiger charge is 2.33. The van der Waals surface area contributed by atoms with E-state index in [-0.39, 0.29) is 34.4 Å². The number of rotatable bonds is 2. The Kier molecular flexibility index (Phi) is 5.24. The molecule has 0 radical (unpaired) electrons. The number of nitrogens with zero attached hydrogens (tertiary/aromatic N) is 4. The van der Waals surface area contributed by atoms with Gasteiger partial charge in [-0.15, -0.1) is 0 Å². The summed E-state index contributed by atoms with van der Waals surface area (Å²) in [5, 5.41) is 23.6. The van der Waals surface area contributed by atoms with Crippen LogP contribution in [0, 0.1) is 22.8 Å². The lowest BCUT2D eigenvalue weighted by atomic mass is 9.92. The molecule has 1 unspecified atom stereocenters. The zero-order valence-corrected chi connectivity index (χ0v) is 16.8. The lowest BCUT2D eigenvalue weighted by molar-refractivity contribution is -0.137.